The van der Waals surface area contributed by atoms with Crippen molar-refractivity contribution in [3.8, 4) is 0 Å². The van der Waals surface area contributed by atoms with Crippen molar-refractivity contribution < 1.29 is 22.8 Å². The van der Waals surface area contributed by atoms with Gasteiger partial charge >= 0.3 is 12.1 Å². The molecule has 0 spiro atoms. The second kappa shape index (κ2) is 6.21. The molecule has 1 rings (SSSR count). The van der Waals surface area contributed by atoms with Gasteiger partial charge in [-0.3, -0.25) is 9.59 Å². The van der Waals surface area contributed by atoms with E-state index in [2.05, 4.69) is 5.32 Å². The molecule has 0 radical (unpaired) electrons. The molecular weight excluding hydrogens is 261 g/mol. The summed E-state index contributed by atoms with van der Waals surface area (Å²) in [6, 6.07) is 5.32. The molecule has 0 saturated heterocycles. The number of hydrogen-bond acceptors (Lipinski definition) is 2. The second-order valence-electron chi connectivity index (χ2n) is 3.79. The highest BCUT2D eigenvalue weighted by atomic mass is 19.4. The molecule has 2 amide bonds. The van der Waals surface area contributed by atoms with Crippen LogP contribution < -0.4 is 10.6 Å². The van der Waals surface area contributed by atoms with Crippen molar-refractivity contribution in [1.29, 1.82) is 0 Å². The third-order valence-corrected chi connectivity index (χ3v) is 2.18. The molecule has 19 heavy (non-hydrogen) atoms. The maximum atomic E-state index is 12.1. The van der Waals surface area contributed by atoms with E-state index in [1.807, 2.05) is 6.92 Å². The number of nitrogens with one attached hydrogen (secondary N) is 2. The van der Waals surface area contributed by atoms with E-state index in [1.54, 1.807) is 5.32 Å². The number of alkyl halides is 3. The fraction of sp³-hybridized carbons (Fsp3) is 0.333. The van der Waals surface area contributed by atoms with Crippen LogP contribution in [0.15, 0.2) is 24.3 Å². The Kier molecular flexibility index (Phi) is 4.91. The third-order valence-electron chi connectivity index (χ3n) is 2.18. The van der Waals surface area contributed by atoms with Crippen LogP contribution in [0.5, 0.6) is 0 Å². The van der Waals surface area contributed by atoms with Gasteiger partial charge in [0.2, 0.25) is 0 Å². The van der Waals surface area contributed by atoms with Crippen LogP contribution in [0.25, 0.3) is 0 Å². The van der Waals surface area contributed by atoms with Crippen molar-refractivity contribution in [2.24, 2.45) is 0 Å². The van der Waals surface area contributed by atoms with E-state index in [9.17, 15) is 22.8 Å². The van der Waals surface area contributed by atoms with Crippen molar-refractivity contribution in [3.05, 3.63) is 29.8 Å². The van der Waals surface area contributed by atoms with Crippen molar-refractivity contribution in [2.45, 2.75) is 19.5 Å². The summed E-state index contributed by atoms with van der Waals surface area (Å²) in [4.78, 5) is 22.3. The van der Waals surface area contributed by atoms with Crippen LogP contribution in [-0.4, -0.2) is 24.5 Å². The fourth-order valence-electron chi connectivity index (χ4n) is 1.28. The Balaban J connectivity index is 2.77. The summed E-state index contributed by atoms with van der Waals surface area (Å²) in [5.41, 5.74) is 0.111. The Morgan fingerprint density at radius 1 is 1.26 bits per heavy atom. The molecule has 0 heterocycles. The molecule has 0 aromatic heterocycles. The molecular formula is C12H13F3N2O2. The van der Waals surface area contributed by atoms with Crippen LogP contribution in [0.4, 0.5) is 18.9 Å². The molecule has 0 bridgehead atoms. The molecule has 0 saturated carbocycles. The second-order valence-corrected chi connectivity index (χ2v) is 3.79. The van der Waals surface area contributed by atoms with Gasteiger partial charge in [0.1, 0.15) is 0 Å². The molecule has 0 aliphatic carbocycles. The van der Waals surface area contributed by atoms with Gasteiger partial charge in [0.25, 0.3) is 5.91 Å². The van der Waals surface area contributed by atoms with E-state index < -0.39 is 18.0 Å². The zero-order valence-corrected chi connectivity index (χ0v) is 10.2. The smallest absolute Gasteiger partial charge is 0.352 e. The third kappa shape index (κ3) is 4.61. The summed E-state index contributed by atoms with van der Waals surface area (Å²) in [6.07, 6.45) is -4.21. The van der Waals surface area contributed by atoms with Crippen molar-refractivity contribution in [2.75, 3.05) is 11.9 Å². The topological polar surface area (TPSA) is 58.2 Å². The number of halogens is 3. The summed E-state index contributed by atoms with van der Waals surface area (Å²) < 4.78 is 36.2. The molecule has 0 aliphatic heterocycles. The number of benzene rings is 1. The van der Waals surface area contributed by atoms with Gasteiger partial charge in [0.15, 0.2) is 0 Å². The average Bonchev–Trinajstić information content (AvgIpc) is 2.35. The van der Waals surface area contributed by atoms with Crippen molar-refractivity contribution in [1.82, 2.24) is 5.32 Å². The first-order valence-electron chi connectivity index (χ1n) is 5.61. The normalized spacial score (nSPS) is 10.9. The first kappa shape index (κ1) is 15.0. The van der Waals surface area contributed by atoms with Gasteiger partial charge in [0.05, 0.1) is 0 Å². The molecule has 1 aromatic rings. The number of hydrogen-bond donors (Lipinski definition) is 2. The highest BCUT2D eigenvalue weighted by Gasteiger charge is 2.38. The number of rotatable bonds is 4. The van der Waals surface area contributed by atoms with Gasteiger partial charge < -0.3 is 10.6 Å². The molecule has 104 valence electrons. The van der Waals surface area contributed by atoms with Crippen LogP contribution in [0.2, 0.25) is 0 Å². The van der Waals surface area contributed by atoms with Crippen molar-refractivity contribution in [3.63, 3.8) is 0 Å². The first-order chi connectivity index (χ1) is 8.84. The standard InChI is InChI=1S/C12H13F3N2O2/c1-2-6-16-10(18)8-4-3-5-9(7-8)17-11(19)12(13,14)15/h3-5,7H,2,6H2,1H3,(H,16,18)(H,17,19). The highest BCUT2D eigenvalue weighted by Crippen LogP contribution is 2.18. The van der Waals surface area contributed by atoms with Gasteiger partial charge in [-0.2, -0.15) is 13.2 Å². The molecule has 2 N–H and O–H groups in total. The first-order valence-corrected chi connectivity index (χ1v) is 5.61. The van der Waals surface area contributed by atoms with Gasteiger partial charge in [-0.1, -0.05) is 13.0 Å². The fourth-order valence-corrected chi connectivity index (χ4v) is 1.28. The van der Waals surface area contributed by atoms with Gasteiger partial charge in [0, 0.05) is 17.8 Å². The summed E-state index contributed by atoms with van der Waals surface area (Å²) in [6.45, 7) is 2.35. The SMILES string of the molecule is CCCNC(=O)c1cccc(NC(=O)C(F)(F)F)c1. The van der Waals surface area contributed by atoms with E-state index in [0.717, 1.165) is 6.42 Å². The summed E-state index contributed by atoms with van der Waals surface area (Å²) >= 11 is 0. The minimum absolute atomic E-state index is 0.0773. The van der Waals surface area contributed by atoms with Crippen LogP contribution >= 0.6 is 0 Å². The number of amides is 2. The molecule has 7 heteroatoms. The minimum Gasteiger partial charge on any atom is -0.352 e. The van der Waals surface area contributed by atoms with Crippen LogP contribution in [-0.2, 0) is 4.79 Å². The molecule has 1 aromatic carbocycles. The molecule has 4 nitrogen and oxygen atoms in total. The van der Waals surface area contributed by atoms with E-state index in [4.69, 9.17) is 0 Å². The lowest BCUT2D eigenvalue weighted by molar-refractivity contribution is -0.167. The predicted molar refractivity (Wildman–Crippen MR) is 63.8 cm³/mol. The van der Waals surface area contributed by atoms with Gasteiger partial charge in [-0.15, -0.1) is 0 Å². The summed E-state index contributed by atoms with van der Waals surface area (Å²) in [5, 5.41) is 4.27. The van der Waals surface area contributed by atoms with E-state index in [0.29, 0.717) is 6.54 Å². The van der Waals surface area contributed by atoms with Gasteiger partial charge in [-0.25, -0.2) is 0 Å². The molecule has 0 unspecified atom stereocenters. The lowest BCUT2D eigenvalue weighted by Gasteiger charge is -2.09. The Labute approximate surface area is 108 Å². The molecule has 0 aliphatic rings. The Morgan fingerprint density at radius 2 is 1.95 bits per heavy atom. The number of carbonyl (C=O) groups is 2. The highest BCUT2D eigenvalue weighted by molar-refractivity contribution is 5.98. The zero-order valence-electron chi connectivity index (χ0n) is 10.2. The van der Waals surface area contributed by atoms with E-state index >= 15 is 0 Å². The minimum atomic E-state index is -4.96. The quantitative estimate of drug-likeness (QED) is 0.885. The maximum absolute atomic E-state index is 12.1. The Hall–Kier alpha value is -2.05. The van der Waals surface area contributed by atoms with Crippen LogP contribution in [0.3, 0.4) is 0 Å². The lowest BCUT2D eigenvalue weighted by atomic mass is 10.2. The number of anilines is 1. The molecule has 0 atom stereocenters. The molecule has 0 fully saturated rings. The van der Waals surface area contributed by atoms with E-state index in [1.165, 1.54) is 24.3 Å². The van der Waals surface area contributed by atoms with Crippen LogP contribution in [0.1, 0.15) is 23.7 Å². The largest absolute Gasteiger partial charge is 0.471 e. The lowest BCUT2D eigenvalue weighted by Crippen LogP contribution is -2.30. The summed E-state index contributed by atoms with van der Waals surface area (Å²) in [7, 11) is 0. The monoisotopic (exact) mass is 274 g/mol. The number of carbonyl (C=O) groups excluding carboxylic acids is 2. The Bertz CT molecular complexity index is 472. The van der Waals surface area contributed by atoms with Crippen LogP contribution in [0, 0.1) is 0 Å². The Morgan fingerprint density at radius 3 is 2.53 bits per heavy atom. The van der Waals surface area contributed by atoms with E-state index in [-0.39, 0.29) is 11.3 Å². The maximum Gasteiger partial charge on any atom is 0.471 e. The van der Waals surface area contributed by atoms with Gasteiger partial charge in [-0.05, 0) is 24.6 Å². The zero-order chi connectivity index (χ0) is 14.5. The predicted octanol–water partition coefficient (Wildman–Crippen LogP) is 2.33. The van der Waals surface area contributed by atoms with Crippen molar-refractivity contribution >= 4 is 17.5 Å². The average molecular weight is 274 g/mol. The summed E-state index contributed by atoms with van der Waals surface area (Å²) in [5.74, 6) is -2.47.